The number of esters is 1. The summed E-state index contributed by atoms with van der Waals surface area (Å²) in [4.78, 5) is 11.6. The summed E-state index contributed by atoms with van der Waals surface area (Å²) >= 11 is 3.48. The van der Waals surface area contributed by atoms with Gasteiger partial charge in [0, 0.05) is 11.2 Å². The van der Waals surface area contributed by atoms with Crippen molar-refractivity contribution in [2.24, 2.45) is 5.92 Å². The van der Waals surface area contributed by atoms with Gasteiger partial charge in [0.05, 0.1) is 13.7 Å². The first kappa shape index (κ1) is 15.0. The Morgan fingerprint density at radius 3 is 2.72 bits per heavy atom. The lowest BCUT2D eigenvalue weighted by molar-refractivity contribution is 0.0595. The topological polar surface area (TPSA) is 35.5 Å². The molecule has 1 aromatic carbocycles. The van der Waals surface area contributed by atoms with E-state index in [1.807, 2.05) is 6.07 Å². The number of carbonyl (C=O) groups excluding carboxylic acids is 1. The maximum absolute atomic E-state index is 11.6. The third-order valence-electron chi connectivity index (χ3n) is 2.68. The molecule has 0 aliphatic carbocycles. The molecule has 4 heteroatoms. The van der Waals surface area contributed by atoms with Gasteiger partial charge >= 0.3 is 5.97 Å². The number of rotatable bonds is 7. The molecule has 1 unspecified atom stereocenters. The number of benzene rings is 1. The Morgan fingerprint density at radius 2 is 2.11 bits per heavy atom. The molecule has 0 N–H and O–H groups in total. The number of carbonyl (C=O) groups is 1. The van der Waals surface area contributed by atoms with Crippen LogP contribution in [0.4, 0.5) is 0 Å². The van der Waals surface area contributed by atoms with Gasteiger partial charge in [-0.2, -0.15) is 0 Å². The first-order valence-electron chi connectivity index (χ1n) is 6.09. The van der Waals surface area contributed by atoms with Crippen molar-refractivity contribution in [1.82, 2.24) is 0 Å². The summed E-state index contributed by atoms with van der Waals surface area (Å²) in [5.74, 6) is 0.684. The normalized spacial score (nSPS) is 11.9. The van der Waals surface area contributed by atoms with Crippen molar-refractivity contribution in [2.75, 3.05) is 19.0 Å². The molecule has 0 saturated carbocycles. The molecule has 3 nitrogen and oxygen atoms in total. The van der Waals surface area contributed by atoms with E-state index in [0.29, 0.717) is 23.8 Å². The van der Waals surface area contributed by atoms with E-state index in [1.54, 1.807) is 18.2 Å². The predicted octanol–water partition coefficient (Wildman–Crippen LogP) is 3.66. The van der Waals surface area contributed by atoms with Crippen LogP contribution in [0.1, 0.15) is 30.1 Å². The van der Waals surface area contributed by atoms with Crippen molar-refractivity contribution in [1.29, 1.82) is 0 Å². The summed E-state index contributed by atoms with van der Waals surface area (Å²) in [5, 5.41) is 0.904. The lowest BCUT2D eigenvalue weighted by Crippen LogP contribution is -2.15. The number of methoxy groups -OCH3 is 1. The first-order valence-corrected chi connectivity index (χ1v) is 7.21. The molecular weight excluding hydrogens is 296 g/mol. The minimum absolute atomic E-state index is 0.364. The monoisotopic (exact) mass is 314 g/mol. The van der Waals surface area contributed by atoms with Gasteiger partial charge in [-0.1, -0.05) is 41.4 Å². The minimum Gasteiger partial charge on any atom is -0.492 e. The highest BCUT2D eigenvalue weighted by atomic mass is 79.9. The third kappa shape index (κ3) is 4.33. The molecule has 0 fully saturated rings. The molecule has 0 radical (unpaired) electrons. The second-order valence-electron chi connectivity index (χ2n) is 4.11. The van der Waals surface area contributed by atoms with Crippen molar-refractivity contribution >= 4 is 21.9 Å². The van der Waals surface area contributed by atoms with Gasteiger partial charge in [0.15, 0.2) is 0 Å². The van der Waals surface area contributed by atoms with Crippen LogP contribution in [0.15, 0.2) is 24.3 Å². The SMILES string of the molecule is CCCC(CBr)COc1ccccc1C(=O)OC. The van der Waals surface area contributed by atoms with Gasteiger partial charge in [0.2, 0.25) is 0 Å². The Labute approximate surface area is 117 Å². The van der Waals surface area contributed by atoms with E-state index in [1.165, 1.54) is 7.11 Å². The highest BCUT2D eigenvalue weighted by Crippen LogP contribution is 2.20. The van der Waals surface area contributed by atoms with Gasteiger partial charge in [-0.15, -0.1) is 0 Å². The van der Waals surface area contributed by atoms with Crippen LogP contribution in [0.25, 0.3) is 0 Å². The van der Waals surface area contributed by atoms with E-state index >= 15 is 0 Å². The molecule has 1 atom stereocenters. The average molecular weight is 315 g/mol. The second kappa shape index (κ2) is 8.14. The van der Waals surface area contributed by atoms with E-state index < -0.39 is 0 Å². The zero-order chi connectivity index (χ0) is 13.4. The van der Waals surface area contributed by atoms with Crippen LogP contribution in [0.3, 0.4) is 0 Å². The Kier molecular flexibility index (Phi) is 6.80. The fourth-order valence-corrected chi connectivity index (χ4v) is 2.20. The maximum Gasteiger partial charge on any atom is 0.341 e. The number of halogens is 1. The summed E-state index contributed by atoms with van der Waals surface area (Å²) in [7, 11) is 1.37. The molecule has 0 aliphatic rings. The van der Waals surface area contributed by atoms with Crippen molar-refractivity contribution in [3.05, 3.63) is 29.8 Å². The number of alkyl halides is 1. The minimum atomic E-state index is -0.364. The average Bonchev–Trinajstić information content (AvgIpc) is 2.43. The van der Waals surface area contributed by atoms with Gasteiger partial charge in [-0.25, -0.2) is 4.79 Å². The van der Waals surface area contributed by atoms with Crippen molar-refractivity contribution in [2.45, 2.75) is 19.8 Å². The largest absolute Gasteiger partial charge is 0.492 e. The number of ether oxygens (including phenoxy) is 2. The van der Waals surface area contributed by atoms with E-state index in [4.69, 9.17) is 9.47 Å². The van der Waals surface area contributed by atoms with Crippen LogP contribution >= 0.6 is 15.9 Å². The van der Waals surface area contributed by atoms with Crippen LogP contribution < -0.4 is 4.74 Å². The molecule has 18 heavy (non-hydrogen) atoms. The van der Waals surface area contributed by atoms with Gasteiger partial charge in [-0.05, 0) is 18.6 Å². The third-order valence-corrected chi connectivity index (χ3v) is 3.60. The zero-order valence-corrected chi connectivity index (χ0v) is 12.4. The van der Waals surface area contributed by atoms with Crippen LogP contribution in [0, 0.1) is 5.92 Å². The smallest absolute Gasteiger partial charge is 0.341 e. The Balaban J connectivity index is 2.69. The molecule has 100 valence electrons. The highest BCUT2D eigenvalue weighted by molar-refractivity contribution is 9.09. The highest BCUT2D eigenvalue weighted by Gasteiger charge is 2.14. The van der Waals surface area contributed by atoms with Crippen LogP contribution in [0.2, 0.25) is 0 Å². The standard InChI is InChI=1S/C14H19BrO3/c1-3-6-11(9-15)10-18-13-8-5-4-7-12(13)14(16)17-2/h4-5,7-8,11H,3,6,9-10H2,1-2H3. The van der Waals surface area contributed by atoms with E-state index in [2.05, 4.69) is 22.9 Å². The molecular formula is C14H19BrO3. The quantitative estimate of drug-likeness (QED) is 0.569. The van der Waals surface area contributed by atoms with Crippen LogP contribution in [-0.4, -0.2) is 25.0 Å². The molecule has 0 amide bonds. The van der Waals surface area contributed by atoms with Gasteiger partial charge in [0.25, 0.3) is 0 Å². The molecule has 0 heterocycles. The van der Waals surface area contributed by atoms with Gasteiger partial charge < -0.3 is 9.47 Å². The molecule has 0 bridgehead atoms. The molecule has 0 aromatic heterocycles. The lowest BCUT2D eigenvalue weighted by Gasteiger charge is -2.15. The lowest BCUT2D eigenvalue weighted by atomic mass is 10.1. The van der Waals surface area contributed by atoms with E-state index in [0.717, 1.165) is 18.2 Å². The fraction of sp³-hybridized carbons (Fsp3) is 0.500. The van der Waals surface area contributed by atoms with Crippen LogP contribution in [0.5, 0.6) is 5.75 Å². The molecule has 0 saturated heterocycles. The summed E-state index contributed by atoms with van der Waals surface area (Å²) in [6.07, 6.45) is 2.23. The maximum atomic E-state index is 11.6. The number of para-hydroxylation sites is 1. The predicted molar refractivity (Wildman–Crippen MR) is 75.5 cm³/mol. The molecule has 1 rings (SSSR count). The van der Waals surface area contributed by atoms with Crippen molar-refractivity contribution in [3.63, 3.8) is 0 Å². The van der Waals surface area contributed by atoms with Gasteiger partial charge in [0.1, 0.15) is 11.3 Å². The molecule has 0 spiro atoms. The first-order chi connectivity index (χ1) is 8.72. The van der Waals surface area contributed by atoms with Gasteiger partial charge in [-0.3, -0.25) is 0 Å². The zero-order valence-electron chi connectivity index (χ0n) is 10.8. The summed E-state index contributed by atoms with van der Waals surface area (Å²) < 4.78 is 10.5. The molecule has 1 aromatic rings. The Bertz CT molecular complexity index is 379. The Hall–Kier alpha value is -1.03. The Morgan fingerprint density at radius 1 is 1.39 bits per heavy atom. The number of hydrogen-bond acceptors (Lipinski definition) is 3. The summed E-state index contributed by atoms with van der Waals surface area (Å²) in [5.41, 5.74) is 0.477. The summed E-state index contributed by atoms with van der Waals surface area (Å²) in [6.45, 7) is 2.76. The van der Waals surface area contributed by atoms with Crippen molar-refractivity contribution in [3.8, 4) is 5.75 Å². The van der Waals surface area contributed by atoms with E-state index in [-0.39, 0.29) is 5.97 Å². The number of hydrogen-bond donors (Lipinski definition) is 0. The summed E-state index contributed by atoms with van der Waals surface area (Å²) in [6, 6.07) is 7.16. The van der Waals surface area contributed by atoms with Crippen molar-refractivity contribution < 1.29 is 14.3 Å². The fourth-order valence-electron chi connectivity index (χ4n) is 1.69. The molecule has 0 aliphatic heterocycles. The second-order valence-corrected chi connectivity index (χ2v) is 4.76. The van der Waals surface area contributed by atoms with E-state index in [9.17, 15) is 4.79 Å². The van der Waals surface area contributed by atoms with Crippen LogP contribution in [-0.2, 0) is 4.74 Å².